The molecule has 0 fully saturated rings. The molecule has 1 heterocycles. The maximum Gasteiger partial charge on any atom is 0.269 e. The lowest BCUT2D eigenvalue weighted by Crippen LogP contribution is -1.88. The van der Waals surface area contributed by atoms with E-state index in [-0.39, 0.29) is 5.69 Å². The van der Waals surface area contributed by atoms with Crippen LogP contribution in [0, 0.1) is 24.0 Å². The van der Waals surface area contributed by atoms with Crippen LogP contribution in [0.4, 0.5) is 11.4 Å². The number of nitrogens with zero attached hydrogens (tertiary/aromatic N) is 3. The van der Waals surface area contributed by atoms with Gasteiger partial charge in [0.2, 0.25) is 5.89 Å². The minimum atomic E-state index is -0.419. The summed E-state index contributed by atoms with van der Waals surface area (Å²) in [6.07, 6.45) is 1.69. The predicted octanol–water partition coefficient (Wildman–Crippen LogP) is 5.77. The molecule has 0 aliphatic carbocycles. The van der Waals surface area contributed by atoms with Crippen molar-refractivity contribution in [3.8, 4) is 11.5 Å². The van der Waals surface area contributed by atoms with Crippen molar-refractivity contribution in [2.45, 2.75) is 13.8 Å². The standard InChI is InChI=1S/C22H17N3O3/c1-14-3-10-21-20(11-14)24-22(28-21)17-6-9-19(15(2)12-17)23-13-16-4-7-18(8-5-16)25(26)27/h3-13H,1-2H3. The van der Waals surface area contributed by atoms with Crippen LogP contribution in [0.15, 0.2) is 70.1 Å². The Bertz CT molecular complexity index is 1210. The van der Waals surface area contributed by atoms with E-state index in [0.29, 0.717) is 5.89 Å². The second-order valence-corrected chi connectivity index (χ2v) is 6.60. The summed E-state index contributed by atoms with van der Waals surface area (Å²) in [7, 11) is 0. The van der Waals surface area contributed by atoms with Crippen LogP contribution in [-0.4, -0.2) is 16.1 Å². The Labute approximate surface area is 161 Å². The molecule has 28 heavy (non-hydrogen) atoms. The summed E-state index contributed by atoms with van der Waals surface area (Å²) in [5.74, 6) is 0.578. The SMILES string of the molecule is Cc1ccc2oc(-c3ccc(N=Cc4ccc([N+](=O)[O-])cc4)c(C)c3)nc2c1. The molecule has 4 aromatic rings. The van der Waals surface area contributed by atoms with Gasteiger partial charge in [-0.1, -0.05) is 6.07 Å². The zero-order chi connectivity index (χ0) is 19.7. The quantitative estimate of drug-likeness (QED) is 0.259. The molecule has 6 heteroatoms. The summed E-state index contributed by atoms with van der Waals surface area (Å²) in [6.45, 7) is 3.99. The second kappa shape index (κ2) is 7.08. The largest absolute Gasteiger partial charge is 0.436 e. The Morgan fingerprint density at radius 1 is 1.04 bits per heavy atom. The number of aryl methyl sites for hydroxylation is 2. The molecule has 138 valence electrons. The molecular weight excluding hydrogens is 354 g/mol. The molecule has 4 rings (SSSR count). The average molecular weight is 371 g/mol. The van der Waals surface area contributed by atoms with Crippen molar-refractivity contribution in [3.63, 3.8) is 0 Å². The number of aliphatic imine (C=N–C) groups is 1. The van der Waals surface area contributed by atoms with E-state index in [4.69, 9.17) is 4.42 Å². The normalized spacial score (nSPS) is 11.4. The molecule has 3 aromatic carbocycles. The molecule has 0 atom stereocenters. The summed E-state index contributed by atoms with van der Waals surface area (Å²) >= 11 is 0. The minimum Gasteiger partial charge on any atom is -0.436 e. The highest BCUT2D eigenvalue weighted by atomic mass is 16.6. The molecule has 0 unspecified atom stereocenters. The number of non-ortho nitro benzene ring substituents is 1. The Kier molecular flexibility index (Phi) is 4.45. The second-order valence-electron chi connectivity index (χ2n) is 6.60. The van der Waals surface area contributed by atoms with Gasteiger partial charge in [0.25, 0.3) is 5.69 Å². The van der Waals surface area contributed by atoms with Gasteiger partial charge in [0.05, 0.1) is 10.6 Å². The molecule has 1 aromatic heterocycles. The Balaban J connectivity index is 1.59. The molecule has 0 N–H and O–H groups in total. The van der Waals surface area contributed by atoms with Crippen LogP contribution < -0.4 is 0 Å². The zero-order valence-electron chi connectivity index (χ0n) is 15.4. The number of nitro benzene ring substituents is 1. The number of fused-ring (bicyclic) bond motifs is 1. The van der Waals surface area contributed by atoms with E-state index in [1.165, 1.54) is 12.1 Å². The van der Waals surface area contributed by atoms with Gasteiger partial charge in [-0.2, -0.15) is 0 Å². The third-order valence-electron chi connectivity index (χ3n) is 4.44. The molecule has 0 saturated heterocycles. The van der Waals surface area contributed by atoms with Gasteiger partial charge in [-0.05, 0) is 73.0 Å². The lowest BCUT2D eigenvalue weighted by atomic mass is 10.1. The Hall–Kier alpha value is -3.80. The van der Waals surface area contributed by atoms with Gasteiger partial charge in [0, 0.05) is 23.9 Å². The first-order valence-corrected chi connectivity index (χ1v) is 8.76. The van der Waals surface area contributed by atoms with Crippen LogP contribution in [0.3, 0.4) is 0 Å². The van der Waals surface area contributed by atoms with E-state index >= 15 is 0 Å². The fourth-order valence-corrected chi connectivity index (χ4v) is 2.92. The number of hydrogen-bond donors (Lipinski definition) is 0. The predicted molar refractivity (Wildman–Crippen MR) is 109 cm³/mol. The molecule has 0 radical (unpaired) electrons. The van der Waals surface area contributed by atoms with E-state index in [1.54, 1.807) is 18.3 Å². The first-order valence-electron chi connectivity index (χ1n) is 8.76. The van der Waals surface area contributed by atoms with Crippen LogP contribution in [0.5, 0.6) is 0 Å². The first kappa shape index (κ1) is 17.6. The average Bonchev–Trinajstić information content (AvgIpc) is 3.10. The first-order chi connectivity index (χ1) is 13.5. The molecule has 0 saturated carbocycles. The topological polar surface area (TPSA) is 81.5 Å². The molecule has 0 spiro atoms. The zero-order valence-corrected chi connectivity index (χ0v) is 15.4. The van der Waals surface area contributed by atoms with Crippen molar-refractivity contribution in [1.29, 1.82) is 0 Å². The van der Waals surface area contributed by atoms with Crippen molar-refractivity contribution < 1.29 is 9.34 Å². The van der Waals surface area contributed by atoms with Gasteiger partial charge < -0.3 is 4.42 Å². The number of hydrogen-bond acceptors (Lipinski definition) is 5. The summed E-state index contributed by atoms with van der Waals surface area (Å²) < 4.78 is 5.86. The fourth-order valence-electron chi connectivity index (χ4n) is 2.92. The fraction of sp³-hybridized carbons (Fsp3) is 0.0909. The van der Waals surface area contributed by atoms with Crippen molar-refractivity contribution in [3.05, 3.63) is 87.5 Å². The lowest BCUT2D eigenvalue weighted by molar-refractivity contribution is -0.384. The highest BCUT2D eigenvalue weighted by molar-refractivity contribution is 5.83. The smallest absolute Gasteiger partial charge is 0.269 e. The van der Waals surface area contributed by atoms with Gasteiger partial charge in [-0.3, -0.25) is 15.1 Å². The van der Waals surface area contributed by atoms with Crippen LogP contribution in [0.25, 0.3) is 22.6 Å². The highest BCUT2D eigenvalue weighted by Crippen LogP contribution is 2.29. The molecule has 6 nitrogen and oxygen atoms in total. The minimum absolute atomic E-state index is 0.0613. The maximum atomic E-state index is 10.7. The van der Waals surface area contributed by atoms with Crippen LogP contribution in [0.2, 0.25) is 0 Å². The monoisotopic (exact) mass is 371 g/mol. The summed E-state index contributed by atoms with van der Waals surface area (Å²) in [5.41, 5.74) is 6.28. The Morgan fingerprint density at radius 3 is 2.54 bits per heavy atom. The number of benzene rings is 3. The van der Waals surface area contributed by atoms with Crippen LogP contribution in [-0.2, 0) is 0 Å². The summed E-state index contributed by atoms with van der Waals surface area (Å²) in [4.78, 5) is 19.4. The highest BCUT2D eigenvalue weighted by Gasteiger charge is 2.10. The Morgan fingerprint density at radius 2 is 1.82 bits per heavy atom. The third-order valence-corrected chi connectivity index (χ3v) is 4.44. The van der Waals surface area contributed by atoms with Crippen molar-refractivity contribution in [2.75, 3.05) is 0 Å². The number of oxazole rings is 1. The maximum absolute atomic E-state index is 10.7. The molecule has 0 aliphatic heterocycles. The van der Waals surface area contributed by atoms with Gasteiger partial charge in [0.1, 0.15) is 5.52 Å². The molecule has 0 aliphatic rings. The van der Waals surface area contributed by atoms with E-state index in [1.807, 2.05) is 50.2 Å². The molecule has 0 amide bonds. The number of aromatic nitrogens is 1. The summed E-state index contributed by atoms with van der Waals surface area (Å²) in [5, 5.41) is 10.7. The molecule has 0 bridgehead atoms. The van der Waals surface area contributed by atoms with Crippen molar-refractivity contribution >= 4 is 28.7 Å². The van der Waals surface area contributed by atoms with E-state index in [0.717, 1.165) is 39.0 Å². The molecular formula is C22H17N3O3. The van der Waals surface area contributed by atoms with E-state index < -0.39 is 4.92 Å². The van der Waals surface area contributed by atoms with E-state index in [9.17, 15) is 10.1 Å². The van der Waals surface area contributed by atoms with Gasteiger partial charge >= 0.3 is 0 Å². The van der Waals surface area contributed by atoms with E-state index in [2.05, 4.69) is 9.98 Å². The van der Waals surface area contributed by atoms with Crippen molar-refractivity contribution in [1.82, 2.24) is 4.98 Å². The number of rotatable bonds is 4. The van der Waals surface area contributed by atoms with Gasteiger partial charge in [-0.25, -0.2) is 4.98 Å². The van der Waals surface area contributed by atoms with Crippen molar-refractivity contribution in [2.24, 2.45) is 4.99 Å². The summed E-state index contributed by atoms with van der Waals surface area (Å²) in [6, 6.07) is 18.0. The van der Waals surface area contributed by atoms with Gasteiger partial charge in [0.15, 0.2) is 5.58 Å². The van der Waals surface area contributed by atoms with Crippen LogP contribution in [0.1, 0.15) is 16.7 Å². The number of nitro groups is 1. The van der Waals surface area contributed by atoms with Crippen LogP contribution >= 0.6 is 0 Å². The lowest BCUT2D eigenvalue weighted by Gasteiger charge is -2.02. The van der Waals surface area contributed by atoms with Gasteiger partial charge in [-0.15, -0.1) is 0 Å². The third kappa shape index (κ3) is 3.53.